The number of hydrogen-bond donors (Lipinski definition) is 1. The Hall–Kier alpha value is -0.940. The molecule has 1 unspecified atom stereocenters. The molecule has 2 rings (SSSR count). The van der Waals surface area contributed by atoms with E-state index in [2.05, 4.69) is 4.98 Å². The molecule has 1 aliphatic rings. The largest absolute Gasteiger partial charge is 0.396 e. The van der Waals surface area contributed by atoms with Gasteiger partial charge >= 0.3 is 0 Å². The van der Waals surface area contributed by atoms with Gasteiger partial charge in [-0.1, -0.05) is 0 Å². The standard InChI is InChI=1S/C12H18N2O2S/c1-9-13-11(8-17-9)12(16)14-5-2-3-10(7-14)4-6-15/h8,10,15H,2-7H2,1H3. The first kappa shape index (κ1) is 12.5. The molecule has 1 aromatic rings. The van der Waals surface area contributed by atoms with Crippen molar-refractivity contribution in [1.29, 1.82) is 0 Å². The van der Waals surface area contributed by atoms with Crippen molar-refractivity contribution < 1.29 is 9.90 Å². The number of aliphatic hydroxyl groups is 1. The lowest BCUT2D eigenvalue weighted by Gasteiger charge is -2.32. The fourth-order valence-corrected chi connectivity index (χ4v) is 2.88. The summed E-state index contributed by atoms with van der Waals surface area (Å²) in [5.41, 5.74) is 0.567. The van der Waals surface area contributed by atoms with E-state index in [-0.39, 0.29) is 12.5 Å². The Morgan fingerprint density at radius 1 is 1.71 bits per heavy atom. The van der Waals surface area contributed by atoms with Crippen molar-refractivity contribution in [2.75, 3.05) is 19.7 Å². The Kier molecular flexibility index (Phi) is 4.12. The van der Waals surface area contributed by atoms with Gasteiger partial charge in [0.2, 0.25) is 0 Å². The molecule has 5 heteroatoms. The highest BCUT2D eigenvalue weighted by Gasteiger charge is 2.25. The lowest BCUT2D eigenvalue weighted by Crippen LogP contribution is -2.40. The summed E-state index contributed by atoms with van der Waals surface area (Å²) in [4.78, 5) is 18.3. The summed E-state index contributed by atoms with van der Waals surface area (Å²) in [7, 11) is 0. The van der Waals surface area contributed by atoms with Crippen LogP contribution in [0.5, 0.6) is 0 Å². The number of aliphatic hydroxyl groups excluding tert-OH is 1. The molecule has 1 aromatic heterocycles. The van der Waals surface area contributed by atoms with Gasteiger partial charge in [-0.05, 0) is 32.1 Å². The summed E-state index contributed by atoms with van der Waals surface area (Å²) in [6.45, 7) is 3.70. The topological polar surface area (TPSA) is 53.4 Å². The molecule has 1 N–H and O–H groups in total. The number of rotatable bonds is 3. The smallest absolute Gasteiger partial charge is 0.273 e. The van der Waals surface area contributed by atoms with Crippen LogP contribution in [0, 0.1) is 12.8 Å². The second kappa shape index (κ2) is 5.60. The SMILES string of the molecule is Cc1nc(C(=O)N2CCCC(CCO)C2)cs1. The number of likely N-dealkylation sites (tertiary alicyclic amines) is 1. The minimum Gasteiger partial charge on any atom is -0.396 e. The van der Waals surface area contributed by atoms with Gasteiger partial charge in [0.05, 0.1) is 5.01 Å². The van der Waals surface area contributed by atoms with E-state index in [9.17, 15) is 4.79 Å². The molecule has 94 valence electrons. The highest BCUT2D eigenvalue weighted by Crippen LogP contribution is 2.21. The Morgan fingerprint density at radius 3 is 3.18 bits per heavy atom. The molecular weight excluding hydrogens is 236 g/mol. The molecule has 0 aliphatic carbocycles. The maximum Gasteiger partial charge on any atom is 0.273 e. The maximum absolute atomic E-state index is 12.2. The van der Waals surface area contributed by atoms with Crippen LogP contribution in [0.3, 0.4) is 0 Å². The van der Waals surface area contributed by atoms with E-state index in [0.717, 1.165) is 37.4 Å². The van der Waals surface area contributed by atoms with Crippen LogP contribution in [0.15, 0.2) is 5.38 Å². The van der Waals surface area contributed by atoms with Gasteiger partial charge in [-0.25, -0.2) is 4.98 Å². The van der Waals surface area contributed by atoms with Gasteiger partial charge in [-0.15, -0.1) is 11.3 Å². The average molecular weight is 254 g/mol. The molecule has 0 aromatic carbocycles. The number of carbonyl (C=O) groups is 1. The predicted octanol–water partition coefficient (Wildman–Crippen LogP) is 1.69. The molecule has 0 saturated carbocycles. The number of carbonyl (C=O) groups excluding carboxylic acids is 1. The molecule has 1 aliphatic heterocycles. The number of aryl methyl sites for hydroxylation is 1. The van der Waals surface area contributed by atoms with Crippen LogP contribution in [0.1, 0.15) is 34.8 Å². The second-order valence-electron chi connectivity index (χ2n) is 4.52. The van der Waals surface area contributed by atoms with Crippen LogP contribution >= 0.6 is 11.3 Å². The first-order valence-electron chi connectivity index (χ1n) is 6.03. The van der Waals surface area contributed by atoms with Gasteiger partial charge in [-0.2, -0.15) is 0 Å². The predicted molar refractivity (Wildman–Crippen MR) is 67.2 cm³/mol. The lowest BCUT2D eigenvalue weighted by atomic mass is 9.95. The van der Waals surface area contributed by atoms with Crippen molar-refractivity contribution in [3.05, 3.63) is 16.1 Å². The summed E-state index contributed by atoms with van der Waals surface area (Å²) < 4.78 is 0. The number of aromatic nitrogens is 1. The minimum atomic E-state index is 0.0389. The van der Waals surface area contributed by atoms with Crippen LogP contribution in [0.2, 0.25) is 0 Å². The van der Waals surface area contributed by atoms with Crippen molar-refractivity contribution in [3.8, 4) is 0 Å². The molecule has 1 saturated heterocycles. The zero-order valence-corrected chi connectivity index (χ0v) is 10.9. The van der Waals surface area contributed by atoms with Gasteiger partial charge in [0.1, 0.15) is 5.69 Å². The molecule has 0 radical (unpaired) electrons. The maximum atomic E-state index is 12.2. The van der Waals surface area contributed by atoms with Crippen LogP contribution in [-0.2, 0) is 0 Å². The summed E-state index contributed by atoms with van der Waals surface area (Å²) >= 11 is 1.51. The van der Waals surface area contributed by atoms with E-state index in [1.165, 1.54) is 11.3 Å². The molecule has 0 bridgehead atoms. The fraction of sp³-hybridized carbons (Fsp3) is 0.667. The average Bonchev–Trinajstić information content (AvgIpc) is 2.76. The molecule has 1 fully saturated rings. The summed E-state index contributed by atoms with van der Waals surface area (Å²) in [5, 5.41) is 11.7. The number of piperidine rings is 1. The van der Waals surface area contributed by atoms with Crippen LogP contribution in [0.25, 0.3) is 0 Å². The van der Waals surface area contributed by atoms with E-state index in [1.807, 2.05) is 17.2 Å². The summed E-state index contributed by atoms with van der Waals surface area (Å²) in [6, 6.07) is 0. The lowest BCUT2D eigenvalue weighted by molar-refractivity contribution is 0.0648. The van der Waals surface area contributed by atoms with Gasteiger partial charge < -0.3 is 10.0 Å². The van der Waals surface area contributed by atoms with E-state index in [1.54, 1.807) is 0 Å². The number of thiazole rings is 1. The molecule has 1 amide bonds. The first-order valence-corrected chi connectivity index (χ1v) is 6.91. The zero-order valence-electron chi connectivity index (χ0n) is 10.1. The molecule has 1 atom stereocenters. The molecule has 4 nitrogen and oxygen atoms in total. The second-order valence-corrected chi connectivity index (χ2v) is 5.59. The Balaban J connectivity index is 1.99. The normalized spacial score (nSPS) is 20.6. The Morgan fingerprint density at radius 2 is 2.53 bits per heavy atom. The quantitative estimate of drug-likeness (QED) is 0.893. The van der Waals surface area contributed by atoms with E-state index in [4.69, 9.17) is 5.11 Å². The van der Waals surface area contributed by atoms with E-state index in [0.29, 0.717) is 11.6 Å². The first-order chi connectivity index (χ1) is 8.20. The number of amides is 1. The van der Waals surface area contributed by atoms with Crippen molar-refractivity contribution in [2.24, 2.45) is 5.92 Å². The van der Waals surface area contributed by atoms with Crippen LogP contribution < -0.4 is 0 Å². The zero-order chi connectivity index (χ0) is 12.3. The minimum absolute atomic E-state index is 0.0389. The third-order valence-electron chi connectivity index (χ3n) is 3.18. The molecular formula is C12H18N2O2S. The van der Waals surface area contributed by atoms with Crippen LogP contribution in [-0.4, -0.2) is 40.6 Å². The molecule has 0 spiro atoms. The van der Waals surface area contributed by atoms with Crippen molar-refractivity contribution >= 4 is 17.2 Å². The van der Waals surface area contributed by atoms with Gasteiger partial charge in [0, 0.05) is 25.1 Å². The van der Waals surface area contributed by atoms with Crippen molar-refractivity contribution in [3.63, 3.8) is 0 Å². The molecule has 2 heterocycles. The summed E-state index contributed by atoms with van der Waals surface area (Å²) in [5.74, 6) is 0.481. The monoisotopic (exact) mass is 254 g/mol. The third-order valence-corrected chi connectivity index (χ3v) is 3.96. The van der Waals surface area contributed by atoms with Gasteiger partial charge in [0.25, 0.3) is 5.91 Å². The Bertz CT molecular complexity index is 390. The highest BCUT2D eigenvalue weighted by molar-refractivity contribution is 7.09. The number of nitrogens with zero attached hydrogens (tertiary/aromatic N) is 2. The van der Waals surface area contributed by atoms with Crippen molar-refractivity contribution in [2.45, 2.75) is 26.2 Å². The van der Waals surface area contributed by atoms with Gasteiger partial charge in [0.15, 0.2) is 0 Å². The van der Waals surface area contributed by atoms with E-state index < -0.39 is 0 Å². The van der Waals surface area contributed by atoms with E-state index >= 15 is 0 Å². The molecule has 17 heavy (non-hydrogen) atoms. The van der Waals surface area contributed by atoms with Gasteiger partial charge in [-0.3, -0.25) is 4.79 Å². The highest BCUT2D eigenvalue weighted by atomic mass is 32.1. The third kappa shape index (κ3) is 3.04. The number of hydrogen-bond acceptors (Lipinski definition) is 4. The van der Waals surface area contributed by atoms with Crippen molar-refractivity contribution in [1.82, 2.24) is 9.88 Å². The van der Waals surface area contributed by atoms with Crippen LogP contribution in [0.4, 0.5) is 0 Å². The summed E-state index contributed by atoms with van der Waals surface area (Å²) in [6.07, 6.45) is 2.93. The Labute approximate surface area is 105 Å². The fourth-order valence-electron chi connectivity index (χ4n) is 2.29.